The van der Waals surface area contributed by atoms with Gasteiger partial charge in [0.1, 0.15) is 0 Å². The SMILES string of the molecule is [2H]C([2H])([2H])C(=N)C(C)(C)C. The van der Waals surface area contributed by atoms with E-state index in [9.17, 15) is 0 Å². The van der Waals surface area contributed by atoms with Gasteiger partial charge in [-0.15, -0.1) is 0 Å². The fourth-order valence-corrected chi connectivity index (χ4v) is 0. The Bertz CT molecular complexity index is 124. The van der Waals surface area contributed by atoms with Gasteiger partial charge in [0.25, 0.3) is 0 Å². The van der Waals surface area contributed by atoms with Crippen molar-refractivity contribution < 1.29 is 4.11 Å². The van der Waals surface area contributed by atoms with Gasteiger partial charge in [0, 0.05) is 9.82 Å². The van der Waals surface area contributed by atoms with Crippen molar-refractivity contribution in [1.82, 2.24) is 0 Å². The Morgan fingerprint density at radius 1 is 1.57 bits per heavy atom. The van der Waals surface area contributed by atoms with Crippen LogP contribution in [-0.4, -0.2) is 5.71 Å². The molecule has 1 nitrogen and oxygen atoms in total. The first-order valence-corrected chi connectivity index (χ1v) is 2.25. The molecule has 0 bridgehead atoms. The lowest BCUT2D eigenvalue weighted by molar-refractivity contribution is 0.584. The molecule has 0 saturated carbocycles. The summed E-state index contributed by atoms with van der Waals surface area (Å²) >= 11 is 0. The molecule has 0 radical (unpaired) electrons. The van der Waals surface area contributed by atoms with Crippen LogP contribution in [0.25, 0.3) is 0 Å². The maximum absolute atomic E-state index is 7.23. The highest BCUT2D eigenvalue weighted by molar-refractivity contribution is 5.83. The molecule has 0 aliphatic rings. The van der Waals surface area contributed by atoms with Crippen LogP contribution in [0.2, 0.25) is 0 Å². The lowest BCUT2D eigenvalue weighted by atomic mass is 9.91. The van der Waals surface area contributed by atoms with Crippen LogP contribution in [0.3, 0.4) is 0 Å². The topological polar surface area (TPSA) is 23.9 Å². The van der Waals surface area contributed by atoms with E-state index in [2.05, 4.69) is 0 Å². The molecule has 1 N–H and O–H groups in total. The minimum Gasteiger partial charge on any atom is -0.309 e. The van der Waals surface area contributed by atoms with Crippen LogP contribution in [-0.2, 0) is 0 Å². The average Bonchev–Trinajstić information content (AvgIpc) is 1.59. The third-order valence-corrected chi connectivity index (χ3v) is 0.750. The minimum atomic E-state index is -2.22. The highest BCUT2D eigenvalue weighted by Gasteiger charge is 2.10. The van der Waals surface area contributed by atoms with Crippen LogP contribution in [0, 0.1) is 10.8 Å². The maximum Gasteiger partial charge on any atom is 0.0292 e. The van der Waals surface area contributed by atoms with E-state index in [0.717, 1.165) is 0 Å². The molecule has 0 amide bonds. The molecule has 7 heavy (non-hydrogen) atoms. The van der Waals surface area contributed by atoms with Crippen molar-refractivity contribution in [3.8, 4) is 0 Å². The molecule has 0 rings (SSSR count). The van der Waals surface area contributed by atoms with Crippen molar-refractivity contribution in [1.29, 1.82) is 5.41 Å². The van der Waals surface area contributed by atoms with Crippen LogP contribution in [0.5, 0.6) is 0 Å². The normalized spacial score (nSPS) is 19.6. The summed E-state index contributed by atoms with van der Waals surface area (Å²) in [5.41, 5.74) is -0.717. The van der Waals surface area contributed by atoms with Crippen molar-refractivity contribution >= 4 is 5.71 Å². The molecule has 0 aromatic heterocycles. The molecular formula is C6H13N. The van der Waals surface area contributed by atoms with Gasteiger partial charge in [-0.2, -0.15) is 0 Å². The van der Waals surface area contributed by atoms with Crippen molar-refractivity contribution in [2.75, 3.05) is 0 Å². The summed E-state index contributed by atoms with van der Waals surface area (Å²) in [7, 11) is 0. The van der Waals surface area contributed by atoms with Crippen molar-refractivity contribution in [2.24, 2.45) is 5.41 Å². The van der Waals surface area contributed by atoms with Crippen LogP contribution >= 0.6 is 0 Å². The van der Waals surface area contributed by atoms with E-state index in [1.54, 1.807) is 20.8 Å². The lowest BCUT2D eigenvalue weighted by Gasteiger charge is -2.14. The van der Waals surface area contributed by atoms with Gasteiger partial charge >= 0.3 is 0 Å². The van der Waals surface area contributed by atoms with Gasteiger partial charge < -0.3 is 5.41 Å². The zero-order valence-electron chi connectivity index (χ0n) is 8.00. The zero-order chi connectivity index (χ0) is 8.58. The van der Waals surface area contributed by atoms with E-state index < -0.39 is 12.3 Å². The molecule has 0 heterocycles. The van der Waals surface area contributed by atoms with E-state index >= 15 is 0 Å². The van der Waals surface area contributed by atoms with Gasteiger partial charge in [0.15, 0.2) is 0 Å². The van der Waals surface area contributed by atoms with Crippen molar-refractivity contribution in [3.63, 3.8) is 0 Å². The first-order valence-electron chi connectivity index (χ1n) is 3.75. The molecule has 0 unspecified atom stereocenters. The van der Waals surface area contributed by atoms with Crippen LogP contribution < -0.4 is 0 Å². The smallest absolute Gasteiger partial charge is 0.0292 e. The Morgan fingerprint density at radius 2 is 2.00 bits per heavy atom. The molecular weight excluding hydrogens is 86.1 g/mol. The quantitative estimate of drug-likeness (QED) is 0.453. The first-order chi connectivity index (χ1) is 4.15. The first kappa shape index (κ1) is 2.85. The summed E-state index contributed by atoms with van der Waals surface area (Å²) in [5.74, 6) is 0. The summed E-state index contributed by atoms with van der Waals surface area (Å²) in [6, 6.07) is 0. The average molecular weight is 102 g/mol. The minimum absolute atomic E-state index is 0.181. The molecule has 0 saturated heterocycles. The fraction of sp³-hybridized carbons (Fsp3) is 0.833. The molecule has 0 atom stereocenters. The van der Waals surface area contributed by atoms with Gasteiger partial charge in [-0.05, 0) is 12.3 Å². The van der Waals surface area contributed by atoms with Crippen LogP contribution in [0.4, 0.5) is 0 Å². The summed E-state index contributed by atoms with van der Waals surface area (Å²) in [6.45, 7) is 2.95. The van der Waals surface area contributed by atoms with E-state index in [1.807, 2.05) is 0 Å². The Hall–Kier alpha value is -0.330. The molecule has 0 aliphatic carbocycles. The van der Waals surface area contributed by atoms with E-state index in [4.69, 9.17) is 9.52 Å². The zero-order valence-corrected chi connectivity index (χ0v) is 5.00. The molecule has 0 aliphatic heterocycles. The maximum atomic E-state index is 7.23. The highest BCUT2D eigenvalue weighted by atomic mass is 14.4. The van der Waals surface area contributed by atoms with Crippen molar-refractivity contribution in [3.05, 3.63) is 0 Å². The van der Waals surface area contributed by atoms with E-state index in [0.29, 0.717) is 0 Å². The Kier molecular flexibility index (Phi) is 0.670. The fourth-order valence-electron chi connectivity index (χ4n) is 0. The largest absolute Gasteiger partial charge is 0.309 e. The number of hydrogen-bond acceptors (Lipinski definition) is 1. The molecule has 0 fully saturated rings. The second-order valence-electron chi connectivity index (χ2n) is 2.62. The third-order valence-electron chi connectivity index (χ3n) is 0.750. The summed E-state index contributed by atoms with van der Waals surface area (Å²) in [6.07, 6.45) is 0. The number of nitrogens with one attached hydrogen (secondary N) is 1. The highest BCUT2D eigenvalue weighted by Crippen LogP contribution is 2.13. The van der Waals surface area contributed by atoms with Gasteiger partial charge in [0.05, 0.1) is 0 Å². The number of hydrogen-bond donors (Lipinski definition) is 1. The molecule has 0 spiro atoms. The second kappa shape index (κ2) is 1.65. The van der Waals surface area contributed by atoms with Crippen molar-refractivity contribution in [2.45, 2.75) is 27.6 Å². The van der Waals surface area contributed by atoms with Gasteiger partial charge in [-0.1, -0.05) is 20.8 Å². The van der Waals surface area contributed by atoms with E-state index in [-0.39, 0.29) is 5.71 Å². The summed E-state index contributed by atoms with van der Waals surface area (Å²) in [5, 5.41) is 7.23. The third kappa shape index (κ3) is 2.38. The second-order valence-corrected chi connectivity index (χ2v) is 2.62. The summed E-state index contributed by atoms with van der Waals surface area (Å²) in [4.78, 5) is 0. The Balaban J connectivity index is 4.40. The lowest BCUT2D eigenvalue weighted by Crippen LogP contribution is -2.14. The molecule has 0 aromatic rings. The Morgan fingerprint density at radius 3 is 2.00 bits per heavy atom. The van der Waals surface area contributed by atoms with Crippen LogP contribution in [0.15, 0.2) is 0 Å². The summed E-state index contributed by atoms with van der Waals surface area (Å²) < 4.78 is 20.7. The predicted octanol–water partition coefficient (Wildman–Crippen LogP) is 2.07. The van der Waals surface area contributed by atoms with Gasteiger partial charge in [-0.3, -0.25) is 0 Å². The van der Waals surface area contributed by atoms with Gasteiger partial charge in [0.2, 0.25) is 0 Å². The predicted molar refractivity (Wildman–Crippen MR) is 32.9 cm³/mol. The number of rotatable bonds is 0. The molecule has 42 valence electrons. The van der Waals surface area contributed by atoms with E-state index in [1.165, 1.54) is 0 Å². The molecule has 0 aromatic carbocycles. The van der Waals surface area contributed by atoms with Crippen LogP contribution in [0.1, 0.15) is 31.7 Å². The van der Waals surface area contributed by atoms with Gasteiger partial charge in [-0.25, -0.2) is 0 Å². The Labute approximate surface area is 49.5 Å². The standard InChI is InChI=1S/C6H13N/c1-5(7)6(2,3)4/h7H,1-4H3/i1D3. The molecule has 1 heteroatoms. The monoisotopic (exact) mass is 102 g/mol.